The summed E-state index contributed by atoms with van der Waals surface area (Å²) in [5.41, 5.74) is 0.444. The van der Waals surface area contributed by atoms with Crippen LogP contribution in [0.3, 0.4) is 0 Å². The summed E-state index contributed by atoms with van der Waals surface area (Å²) >= 11 is 0. The van der Waals surface area contributed by atoms with E-state index in [-0.39, 0.29) is 31.1 Å². The molecule has 34 heavy (non-hydrogen) atoms. The molecule has 0 aliphatic rings. The fraction of sp³-hybridized carbons (Fsp3) is 0.545. The van der Waals surface area contributed by atoms with Gasteiger partial charge in [-0.25, -0.2) is 14.4 Å². The van der Waals surface area contributed by atoms with Crippen molar-refractivity contribution in [1.29, 1.82) is 0 Å². The molecule has 0 fully saturated rings. The van der Waals surface area contributed by atoms with Crippen molar-refractivity contribution in [2.75, 3.05) is 27.4 Å². The van der Waals surface area contributed by atoms with Crippen LogP contribution in [0.15, 0.2) is 18.2 Å². The topological polar surface area (TPSA) is 156 Å². The van der Waals surface area contributed by atoms with Crippen molar-refractivity contribution in [2.24, 2.45) is 0 Å². The molecule has 0 spiro atoms. The summed E-state index contributed by atoms with van der Waals surface area (Å²) in [4.78, 5) is 46.3. The third-order valence-electron chi connectivity index (χ3n) is 4.38. The number of aliphatic carboxylic acids is 1. The molecule has 0 aliphatic carbocycles. The van der Waals surface area contributed by atoms with Gasteiger partial charge < -0.3 is 38.8 Å². The minimum Gasteiger partial charge on any atom is -0.480 e. The molecule has 0 bridgehead atoms. The second-order valence-corrected chi connectivity index (χ2v) is 7.13. The lowest BCUT2D eigenvalue weighted by Gasteiger charge is -2.19. The van der Waals surface area contributed by atoms with E-state index in [9.17, 15) is 24.3 Å². The number of carbonyl (C=O) groups excluding carboxylic acids is 3. The number of nitrogens with one attached hydrogen (secondary N) is 1. The van der Waals surface area contributed by atoms with Crippen LogP contribution in [0.4, 0.5) is 14.4 Å². The van der Waals surface area contributed by atoms with Crippen LogP contribution in [0, 0.1) is 0 Å². The van der Waals surface area contributed by atoms with Gasteiger partial charge in [0.1, 0.15) is 12.1 Å². The van der Waals surface area contributed by atoms with Crippen LogP contribution in [-0.2, 0) is 30.2 Å². The molecule has 190 valence electrons. The molecular formula is C22H31NO11. The summed E-state index contributed by atoms with van der Waals surface area (Å²) in [5.74, 6) is -1.44. The minimum atomic E-state index is -1.15. The largest absolute Gasteiger partial charge is 0.513 e. The Balaban J connectivity index is 2.77. The van der Waals surface area contributed by atoms with E-state index in [1.54, 1.807) is 6.92 Å². The Bertz CT molecular complexity index is 827. The Morgan fingerprint density at radius 1 is 0.971 bits per heavy atom. The standard InChI is InChI=1S/C22H31NO11/c1-5-6-7-10-31-22(28)32-14(2)13-23-16(19(24)25)11-15-8-9-17(33-20(26)29-3)18(12-15)34-21(27)30-4/h8-9,12,14,16,23H,5-7,10-11,13H2,1-4H3,(H,24,25)/t14?,16-/m0/s1. The first-order valence-electron chi connectivity index (χ1n) is 10.6. The van der Waals surface area contributed by atoms with E-state index < -0.39 is 36.6 Å². The van der Waals surface area contributed by atoms with Gasteiger partial charge in [0.25, 0.3) is 0 Å². The Labute approximate surface area is 197 Å². The molecule has 2 atom stereocenters. The van der Waals surface area contributed by atoms with E-state index in [1.165, 1.54) is 18.2 Å². The number of hydrogen-bond acceptors (Lipinski definition) is 11. The summed E-state index contributed by atoms with van der Waals surface area (Å²) in [7, 11) is 2.21. The molecule has 1 rings (SSSR count). The Morgan fingerprint density at radius 3 is 2.21 bits per heavy atom. The number of carbonyl (C=O) groups is 4. The second kappa shape index (κ2) is 15.3. The highest BCUT2D eigenvalue weighted by Crippen LogP contribution is 2.30. The summed E-state index contributed by atoms with van der Waals surface area (Å²) < 4.78 is 28.8. The quantitative estimate of drug-likeness (QED) is 0.182. The van der Waals surface area contributed by atoms with Gasteiger partial charge in [-0.15, -0.1) is 0 Å². The van der Waals surface area contributed by atoms with Crippen molar-refractivity contribution in [3.05, 3.63) is 23.8 Å². The van der Waals surface area contributed by atoms with E-state index >= 15 is 0 Å². The van der Waals surface area contributed by atoms with Gasteiger partial charge in [0.05, 0.1) is 20.8 Å². The Hall–Kier alpha value is -3.54. The normalized spacial score (nSPS) is 12.1. The molecule has 0 saturated carbocycles. The number of rotatable bonds is 13. The highest BCUT2D eigenvalue weighted by atomic mass is 16.7. The zero-order chi connectivity index (χ0) is 25.5. The van der Waals surface area contributed by atoms with E-state index in [0.29, 0.717) is 5.56 Å². The molecule has 0 saturated heterocycles. The molecule has 0 aromatic heterocycles. The van der Waals surface area contributed by atoms with E-state index in [1.807, 2.05) is 6.92 Å². The average Bonchev–Trinajstić information content (AvgIpc) is 2.80. The zero-order valence-electron chi connectivity index (χ0n) is 19.7. The molecule has 0 aliphatic heterocycles. The lowest BCUT2D eigenvalue weighted by Crippen LogP contribution is -2.42. The van der Waals surface area contributed by atoms with Gasteiger partial charge in [-0.05, 0) is 37.5 Å². The molecule has 2 N–H and O–H groups in total. The van der Waals surface area contributed by atoms with Gasteiger partial charge in [0.15, 0.2) is 11.5 Å². The molecule has 0 amide bonds. The van der Waals surface area contributed by atoms with E-state index in [2.05, 4.69) is 14.8 Å². The Morgan fingerprint density at radius 2 is 1.62 bits per heavy atom. The number of benzene rings is 1. The smallest absolute Gasteiger partial charge is 0.480 e. The van der Waals surface area contributed by atoms with Crippen LogP contribution in [0.1, 0.15) is 38.7 Å². The predicted octanol–water partition coefficient (Wildman–Crippen LogP) is 3.29. The number of methoxy groups -OCH3 is 2. The highest BCUT2D eigenvalue weighted by Gasteiger charge is 2.22. The maximum absolute atomic E-state index is 11.7. The monoisotopic (exact) mass is 485 g/mol. The zero-order valence-corrected chi connectivity index (χ0v) is 19.7. The predicted molar refractivity (Wildman–Crippen MR) is 117 cm³/mol. The van der Waals surface area contributed by atoms with Gasteiger partial charge in [-0.2, -0.15) is 0 Å². The fourth-order valence-corrected chi connectivity index (χ4v) is 2.64. The molecule has 0 heterocycles. The SMILES string of the molecule is CCCCCOC(=O)OC(C)CN[C@@H](Cc1ccc(OC(=O)OC)c(OC(=O)OC)c1)C(=O)O. The van der Waals surface area contributed by atoms with E-state index in [4.69, 9.17) is 18.9 Å². The Kier molecular flexibility index (Phi) is 12.8. The lowest BCUT2D eigenvalue weighted by molar-refractivity contribution is -0.139. The molecule has 1 aromatic rings. The van der Waals surface area contributed by atoms with Crippen LogP contribution in [0.25, 0.3) is 0 Å². The first-order chi connectivity index (χ1) is 16.2. The third kappa shape index (κ3) is 10.9. The van der Waals surface area contributed by atoms with E-state index in [0.717, 1.165) is 33.5 Å². The summed E-state index contributed by atoms with van der Waals surface area (Å²) in [5, 5.41) is 12.4. The number of unbranched alkanes of at least 4 members (excludes halogenated alkanes) is 2. The first kappa shape index (κ1) is 28.5. The molecule has 12 heteroatoms. The summed E-state index contributed by atoms with van der Waals surface area (Å²) in [6, 6.07) is 3.09. The van der Waals surface area contributed by atoms with Crippen molar-refractivity contribution in [2.45, 2.75) is 51.7 Å². The summed E-state index contributed by atoms with van der Waals surface area (Å²) in [6.45, 7) is 3.94. The van der Waals surface area contributed by atoms with Gasteiger partial charge in [0, 0.05) is 6.54 Å². The van der Waals surface area contributed by atoms with Gasteiger partial charge in [-0.3, -0.25) is 4.79 Å². The third-order valence-corrected chi connectivity index (χ3v) is 4.38. The number of hydrogen-bond donors (Lipinski definition) is 2. The van der Waals surface area contributed by atoms with Gasteiger partial charge >= 0.3 is 24.4 Å². The number of carboxylic acids is 1. The fourth-order valence-electron chi connectivity index (χ4n) is 2.64. The number of carboxylic acid groups (broad SMARTS) is 1. The molecular weight excluding hydrogens is 454 g/mol. The van der Waals surface area contributed by atoms with Crippen LogP contribution >= 0.6 is 0 Å². The van der Waals surface area contributed by atoms with Crippen LogP contribution in [0.5, 0.6) is 11.5 Å². The molecule has 1 aromatic carbocycles. The van der Waals surface area contributed by atoms with Crippen LogP contribution in [-0.4, -0.2) is 69.1 Å². The molecule has 1 unspecified atom stereocenters. The van der Waals surface area contributed by atoms with Crippen LogP contribution < -0.4 is 14.8 Å². The highest BCUT2D eigenvalue weighted by molar-refractivity contribution is 5.74. The molecule has 0 radical (unpaired) electrons. The maximum atomic E-state index is 11.7. The van der Waals surface area contributed by atoms with Crippen molar-refractivity contribution in [3.8, 4) is 11.5 Å². The summed E-state index contributed by atoms with van der Waals surface area (Å²) in [6.07, 6.45) is -0.917. The lowest BCUT2D eigenvalue weighted by atomic mass is 10.0. The van der Waals surface area contributed by atoms with Gasteiger partial charge in [0.2, 0.25) is 0 Å². The van der Waals surface area contributed by atoms with Crippen molar-refractivity contribution in [1.82, 2.24) is 5.32 Å². The van der Waals surface area contributed by atoms with Crippen molar-refractivity contribution >= 4 is 24.4 Å². The molecule has 12 nitrogen and oxygen atoms in total. The van der Waals surface area contributed by atoms with Crippen LogP contribution in [0.2, 0.25) is 0 Å². The van der Waals surface area contributed by atoms with Crippen molar-refractivity contribution < 1.29 is 52.7 Å². The number of ether oxygens (including phenoxy) is 6. The van der Waals surface area contributed by atoms with Gasteiger partial charge in [-0.1, -0.05) is 25.8 Å². The average molecular weight is 485 g/mol. The maximum Gasteiger partial charge on any atom is 0.513 e. The second-order valence-electron chi connectivity index (χ2n) is 7.13. The minimum absolute atomic E-state index is 0.0282. The first-order valence-corrected chi connectivity index (χ1v) is 10.6. The van der Waals surface area contributed by atoms with Crippen molar-refractivity contribution in [3.63, 3.8) is 0 Å².